The average Bonchev–Trinajstić information content (AvgIpc) is 2.76. The Kier molecular flexibility index (Phi) is 5.17. The molecule has 0 saturated carbocycles. The normalized spacial score (nSPS) is 10.5. The largest absolute Gasteiger partial charge is 0.289 e. The molecule has 4 rings (SSSR count). The van der Waals surface area contributed by atoms with E-state index in [1.807, 2.05) is 60.7 Å². The van der Waals surface area contributed by atoms with Crippen LogP contribution in [0.1, 0.15) is 15.9 Å². The van der Waals surface area contributed by atoms with E-state index in [4.69, 9.17) is 0 Å². The first kappa shape index (κ1) is 17.3. The molecule has 2 heteroatoms. The van der Waals surface area contributed by atoms with E-state index in [-0.39, 0.29) is 5.78 Å². The third kappa shape index (κ3) is 4.18. The summed E-state index contributed by atoms with van der Waals surface area (Å²) >= 11 is 1.70. The number of hydrogen-bond donors (Lipinski definition) is 0. The number of carbonyl (C=O) groups is 1. The zero-order valence-electron chi connectivity index (χ0n) is 14.7. The van der Waals surface area contributed by atoms with Crippen LogP contribution in [0.2, 0.25) is 0 Å². The number of rotatable bonds is 5. The van der Waals surface area contributed by atoms with E-state index >= 15 is 0 Å². The molecule has 0 unspecified atom stereocenters. The van der Waals surface area contributed by atoms with E-state index in [9.17, 15) is 4.79 Å². The number of carbonyl (C=O) groups excluding carboxylic acids is 1. The lowest BCUT2D eigenvalue weighted by Gasteiger charge is -2.06. The lowest BCUT2D eigenvalue weighted by atomic mass is 10.0. The van der Waals surface area contributed by atoms with Crippen molar-refractivity contribution in [2.24, 2.45) is 0 Å². The molecule has 0 aliphatic rings. The zero-order chi connectivity index (χ0) is 18.5. The minimum absolute atomic E-state index is 0.0550. The summed E-state index contributed by atoms with van der Waals surface area (Å²) in [7, 11) is 0. The van der Waals surface area contributed by atoms with Crippen molar-refractivity contribution in [1.29, 1.82) is 0 Å². The first-order chi connectivity index (χ1) is 13.3. The van der Waals surface area contributed by atoms with E-state index in [0.717, 1.165) is 10.5 Å². The first-order valence-corrected chi connectivity index (χ1v) is 9.64. The number of benzene rings is 4. The molecule has 1 nitrogen and oxygen atoms in total. The van der Waals surface area contributed by atoms with Crippen molar-refractivity contribution in [3.05, 3.63) is 120 Å². The summed E-state index contributed by atoms with van der Waals surface area (Å²) in [6, 6.07) is 36.1. The van der Waals surface area contributed by atoms with Crippen LogP contribution in [-0.4, -0.2) is 5.78 Å². The van der Waals surface area contributed by atoms with Gasteiger partial charge in [-0.25, -0.2) is 0 Å². The fourth-order valence-corrected chi connectivity index (χ4v) is 3.73. The fourth-order valence-electron chi connectivity index (χ4n) is 2.91. The molecule has 0 bridgehead atoms. The maximum Gasteiger partial charge on any atom is 0.193 e. The van der Waals surface area contributed by atoms with Gasteiger partial charge in [0, 0.05) is 20.9 Å². The number of hydrogen-bond acceptors (Lipinski definition) is 2. The van der Waals surface area contributed by atoms with E-state index in [1.165, 1.54) is 16.0 Å². The maximum atomic E-state index is 12.5. The van der Waals surface area contributed by atoms with Crippen molar-refractivity contribution in [3.63, 3.8) is 0 Å². The average molecular weight is 366 g/mol. The Morgan fingerprint density at radius 2 is 0.926 bits per heavy atom. The molecule has 0 N–H and O–H groups in total. The second kappa shape index (κ2) is 8.07. The molecule has 0 aromatic heterocycles. The molecule has 130 valence electrons. The van der Waals surface area contributed by atoms with Crippen LogP contribution in [0.5, 0.6) is 0 Å². The van der Waals surface area contributed by atoms with Gasteiger partial charge >= 0.3 is 0 Å². The minimum atomic E-state index is 0.0550. The molecule has 0 radical (unpaired) electrons. The fraction of sp³-hybridized carbons (Fsp3) is 0. The topological polar surface area (TPSA) is 17.1 Å². The predicted octanol–water partition coefficient (Wildman–Crippen LogP) is 6.74. The Balaban J connectivity index is 1.46. The molecule has 0 amide bonds. The summed E-state index contributed by atoms with van der Waals surface area (Å²) in [5.41, 5.74) is 3.86. The van der Waals surface area contributed by atoms with Crippen LogP contribution in [0, 0.1) is 0 Å². The Morgan fingerprint density at radius 3 is 1.52 bits per heavy atom. The van der Waals surface area contributed by atoms with E-state index in [1.54, 1.807) is 11.8 Å². The van der Waals surface area contributed by atoms with Crippen molar-refractivity contribution in [1.82, 2.24) is 0 Å². The van der Waals surface area contributed by atoms with Gasteiger partial charge in [0.15, 0.2) is 5.78 Å². The van der Waals surface area contributed by atoms with Crippen molar-refractivity contribution < 1.29 is 4.79 Å². The molecule has 0 fully saturated rings. The van der Waals surface area contributed by atoms with Gasteiger partial charge in [-0.15, -0.1) is 0 Å². The lowest BCUT2D eigenvalue weighted by molar-refractivity contribution is 0.103. The highest BCUT2D eigenvalue weighted by Gasteiger charge is 2.08. The van der Waals surface area contributed by atoms with Crippen molar-refractivity contribution >= 4 is 17.5 Å². The summed E-state index contributed by atoms with van der Waals surface area (Å²) in [5, 5.41) is 0. The Hall–Kier alpha value is -3.10. The molecular formula is C25H18OS. The highest BCUT2D eigenvalue weighted by Crippen LogP contribution is 2.30. The van der Waals surface area contributed by atoms with Crippen molar-refractivity contribution in [3.8, 4) is 11.1 Å². The summed E-state index contributed by atoms with van der Waals surface area (Å²) < 4.78 is 0. The van der Waals surface area contributed by atoms with Gasteiger partial charge in [-0.1, -0.05) is 84.6 Å². The van der Waals surface area contributed by atoms with E-state index in [2.05, 4.69) is 48.5 Å². The van der Waals surface area contributed by atoms with Gasteiger partial charge in [-0.05, 0) is 47.5 Å². The quantitative estimate of drug-likeness (QED) is 0.364. The van der Waals surface area contributed by atoms with Gasteiger partial charge < -0.3 is 0 Å². The van der Waals surface area contributed by atoms with Gasteiger partial charge in [-0.2, -0.15) is 0 Å². The van der Waals surface area contributed by atoms with Gasteiger partial charge in [0.25, 0.3) is 0 Å². The van der Waals surface area contributed by atoms with Crippen LogP contribution >= 0.6 is 11.8 Å². The Labute approximate surface area is 163 Å². The predicted molar refractivity (Wildman–Crippen MR) is 112 cm³/mol. The molecular weight excluding hydrogens is 348 g/mol. The molecule has 0 spiro atoms. The Morgan fingerprint density at radius 1 is 0.481 bits per heavy atom. The molecule has 0 aliphatic heterocycles. The lowest BCUT2D eigenvalue weighted by Crippen LogP contribution is -2.00. The van der Waals surface area contributed by atoms with Gasteiger partial charge in [0.2, 0.25) is 0 Å². The van der Waals surface area contributed by atoms with Gasteiger partial charge in [0.1, 0.15) is 0 Å². The minimum Gasteiger partial charge on any atom is -0.289 e. The second-order valence-electron chi connectivity index (χ2n) is 6.21. The van der Waals surface area contributed by atoms with Gasteiger partial charge in [0.05, 0.1) is 0 Å². The first-order valence-electron chi connectivity index (χ1n) is 8.83. The highest BCUT2D eigenvalue weighted by atomic mass is 32.2. The van der Waals surface area contributed by atoms with E-state index in [0.29, 0.717) is 5.56 Å². The van der Waals surface area contributed by atoms with Crippen LogP contribution in [0.25, 0.3) is 11.1 Å². The van der Waals surface area contributed by atoms with Crippen LogP contribution in [0.3, 0.4) is 0 Å². The summed E-state index contributed by atoms with van der Waals surface area (Å²) in [6.45, 7) is 0. The summed E-state index contributed by atoms with van der Waals surface area (Å²) in [6.07, 6.45) is 0. The van der Waals surface area contributed by atoms with Crippen LogP contribution < -0.4 is 0 Å². The monoisotopic (exact) mass is 366 g/mol. The molecule has 0 saturated heterocycles. The van der Waals surface area contributed by atoms with Crippen LogP contribution in [0.4, 0.5) is 0 Å². The number of ketones is 1. The standard InChI is InChI=1S/C25H18OS/c26-25(21-9-5-2-6-10-21)22-13-17-24(18-14-22)27-23-15-11-20(12-16-23)19-7-3-1-4-8-19/h1-18H. The molecule has 4 aromatic carbocycles. The SMILES string of the molecule is O=C(c1ccccc1)c1ccc(Sc2ccc(-c3ccccc3)cc2)cc1. The molecule has 0 atom stereocenters. The maximum absolute atomic E-state index is 12.5. The van der Waals surface area contributed by atoms with E-state index < -0.39 is 0 Å². The Bertz CT molecular complexity index is 1020. The summed E-state index contributed by atoms with van der Waals surface area (Å²) in [4.78, 5) is 14.8. The van der Waals surface area contributed by atoms with Crippen LogP contribution in [-0.2, 0) is 0 Å². The van der Waals surface area contributed by atoms with Crippen LogP contribution in [0.15, 0.2) is 119 Å². The molecule has 0 aliphatic carbocycles. The third-order valence-electron chi connectivity index (χ3n) is 4.35. The van der Waals surface area contributed by atoms with Crippen molar-refractivity contribution in [2.45, 2.75) is 9.79 Å². The molecule has 0 heterocycles. The molecule has 27 heavy (non-hydrogen) atoms. The molecule has 4 aromatic rings. The summed E-state index contributed by atoms with van der Waals surface area (Å²) in [5.74, 6) is 0.0550. The highest BCUT2D eigenvalue weighted by molar-refractivity contribution is 7.99. The second-order valence-corrected chi connectivity index (χ2v) is 7.36. The van der Waals surface area contributed by atoms with Crippen molar-refractivity contribution in [2.75, 3.05) is 0 Å². The van der Waals surface area contributed by atoms with Gasteiger partial charge in [-0.3, -0.25) is 4.79 Å². The third-order valence-corrected chi connectivity index (χ3v) is 5.37. The zero-order valence-corrected chi connectivity index (χ0v) is 15.5. The smallest absolute Gasteiger partial charge is 0.193 e.